The Morgan fingerprint density at radius 1 is 1.41 bits per heavy atom. The van der Waals surface area contributed by atoms with Crippen LogP contribution in [0.2, 0.25) is 0 Å². The molecule has 1 aromatic carbocycles. The van der Waals surface area contributed by atoms with Crippen LogP contribution in [0.4, 0.5) is 4.39 Å². The van der Waals surface area contributed by atoms with Crippen molar-refractivity contribution in [3.63, 3.8) is 0 Å². The quantitative estimate of drug-likeness (QED) is 0.876. The second-order valence-corrected chi connectivity index (χ2v) is 4.76. The van der Waals surface area contributed by atoms with Gasteiger partial charge < -0.3 is 9.88 Å². The van der Waals surface area contributed by atoms with E-state index in [1.807, 2.05) is 6.07 Å². The van der Waals surface area contributed by atoms with Gasteiger partial charge in [-0.25, -0.2) is 9.37 Å². The molecule has 0 saturated heterocycles. The van der Waals surface area contributed by atoms with Crippen molar-refractivity contribution in [2.24, 2.45) is 0 Å². The first-order valence-corrected chi connectivity index (χ1v) is 6.26. The molecule has 0 saturated carbocycles. The van der Waals surface area contributed by atoms with Gasteiger partial charge in [-0.05, 0) is 28.1 Å². The van der Waals surface area contributed by atoms with Crippen molar-refractivity contribution < 1.29 is 4.39 Å². The van der Waals surface area contributed by atoms with Gasteiger partial charge >= 0.3 is 0 Å². The minimum Gasteiger partial charge on any atom is -0.325 e. The molecule has 3 rings (SSSR count). The monoisotopic (exact) mass is 295 g/mol. The number of halogens is 2. The number of imidazole rings is 1. The van der Waals surface area contributed by atoms with E-state index in [0.717, 1.165) is 41.3 Å². The average molecular weight is 296 g/mol. The largest absolute Gasteiger partial charge is 0.325 e. The first kappa shape index (κ1) is 10.9. The zero-order valence-electron chi connectivity index (χ0n) is 9.08. The highest BCUT2D eigenvalue weighted by atomic mass is 79.9. The van der Waals surface area contributed by atoms with Gasteiger partial charge in [-0.15, -0.1) is 0 Å². The summed E-state index contributed by atoms with van der Waals surface area (Å²) in [6.07, 6.45) is 0. The van der Waals surface area contributed by atoms with Crippen LogP contribution in [0.15, 0.2) is 28.9 Å². The van der Waals surface area contributed by atoms with Gasteiger partial charge in [0, 0.05) is 25.2 Å². The van der Waals surface area contributed by atoms with Gasteiger partial charge in [0.05, 0.1) is 5.69 Å². The number of nitrogens with zero attached hydrogens (tertiary/aromatic N) is 2. The fourth-order valence-electron chi connectivity index (χ4n) is 2.11. The van der Waals surface area contributed by atoms with E-state index in [4.69, 9.17) is 0 Å². The SMILES string of the molecule is Fc1cccc(-c2nc(Br)c3n2CCNC3)c1. The molecule has 1 N–H and O–H groups in total. The molecule has 0 unspecified atom stereocenters. The van der Waals surface area contributed by atoms with E-state index < -0.39 is 0 Å². The van der Waals surface area contributed by atoms with Gasteiger partial charge in [-0.1, -0.05) is 12.1 Å². The molecule has 0 radical (unpaired) electrons. The molecule has 5 heteroatoms. The molecule has 1 aliphatic rings. The number of aromatic nitrogens is 2. The summed E-state index contributed by atoms with van der Waals surface area (Å²) in [5.74, 6) is 0.595. The van der Waals surface area contributed by atoms with E-state index in [1.165, 1.54) is 12.1 Å². The van der Waals surface area contributed by atoms with E-state index in [0.29, 0.717) is 0 Å². The van der Waals surface area contributed by atoms with Crippen LogP contribution in [0.1, 0.15) is 5.69 Å². The Bertz CT molecular complexity index is 565. The summed E-state index contributed by atoms with van der Waals surface area (Å²) in [5, 5.41) is 3.29. The lowest BCUT2D eigenvalue weighted by atomic mass is 10.2. The Balaban J connectivity index is 2.15. The first-order valence-electron chi connectivity index (χ1n) is 5.47. The third kappa shape index (κ3) is 1.89. The second-order valence-electron chi connectivity index (χ2n) is 4.01. The number of fused-ring (bicyclic) bond motifs is 1. The minimum absolute atomic E-state index is 0.232. The maximum Gasteiger partial charge on any atom is 0.141 e. The van der Waals surface area contributed by atoms with Crippen molar-refractivity contribution >= 4 is 15.9 Å². The summed E-state index contributed by atoms with van der Waals surface area (Å²) in [4.78, 5) is 4.48. The zero-order valence-corrected chi connectivity index (χ0v) is 10.7. The van der Waals surface area contributed by atoms with Crippen molar-refractivity contribution in [3.05, 3.63) is 40.4 Å². The van der Waals surface area contributed by atoms with Crippen molar-refractivity contribution in [2.75, 3.05) is 6.54 Å². The molecule has 0 amide bonds. The third-order valence-electron chi connectivity index (χ3n) is 2.91. The summed E-state index contributed by atoms with van der Waals surface area (Å²) in [7, 11) is 0. The molecule has 0 aliphatic carbocycles. The Morgan fingerprint density at radius 2 is 2.29 bits per heavy atom. The predicted octanol–water partition coefficient (Wildman–Crippen LogP) is 2.55. The van der Waals surface area contributed by atoms with E-state index in [2.05, 4.69) is 30.8 Å². The predicted molar refractivity (Wildman–Crippen MR) is 67.0 cm³/mol. The van der Waals surface area contributed by atoms with Crippen LogP contribution in [0.25, 0.3) is 11.4 Å². The van der Waals surface area contributed by atoms with Crippen molar-refractivity contribution in [2.45, 2.75) is 13.1 Å². The summed E-state index contributed by atoms with van der Waals surface area (Å²) >= 11 is 3.45. The topological polar surface area (TPSA) is 29.9 Å². The van der Waals surface area contributed by atoms with Gasteiger partial charge in [-0.2, -0.15) is 0 Å². The maximum absolute atomic E-state index is 13.2. The molecule has 1 aromatic heterocycles. The van der Waals surface area contributed by atoms with Gasteiger partial charge in [0.15, 0.2) is 0 Å². The molecule has 1 aliphatic heterocycles. The van der Waals surface area contributed by atoms with Crippen LogP contribution in [-0.2, 0) is 13.1 Å². The lowest BCUT2D eigenvalue weighted by Crippen LogP contribution is -2.28. The van der Waals surface area contributed by atoms with E-state index in [1.54, 1.807) is 6.07 Å². The number of hydrogen-bond donors (Lipinski definition) is 1. The number of nitrogens with one attached hydrogen (secondary N) is 1. The van der Waals surface area contributed by atoms with Gasteiger partial charge in [0.1, 0.15) is 16.2 Å². The molecule has 0 atom stereocenters. The average Bonchev–Trinajstić information content (AvgIpc) is 2.68. The van der Waals surface area contributed by atoms with Gasteiger partial charge in [-0.3, -0.25) is 0 Å². The first-order chi connectivity index (χ1) is 8.25. The Kier molecular flexibility index (Phi) is 2.72. The fourth-order valence-corrected chi connectivity index (χ4v) is 2.63. The molecule has 17 heavy (non-hydrogen) atoms. The van der Waals surface area contributed by atoms with Crippen LogP contribution in [0.5, 0.6) is 0 Å². The van der Waals surface area contributed by atoms with Crippen molar-refractivity contribution in [3.8, 4) is 11.4 Å². The Morgan fingerprint density at radius 3 is 3.12 bits per heavy atom. The van der Waals surface area contributed by atoms with Gasteiger partial charge in [0.25, 0.3) is 0 Å². The molecule has 3 nitrogen and oxygen atoms in total. The summed E-state index contributed by atoms with van der Waals surface area (Å²) in [5.41, 5.74) is 1.94. The maximum atomic E-state index is 13.2. The van der Waals surface area contributed by atoms with Crippen LogP contribution >= 0.6 is 15.9 Å². The minimum atomic E-state index is -0.232. The highest BCUT2D eigenvalue weighted by Crippen LogP contribution is 2.27. The molecule has 0 spiro atoms. The lowest BCUT2D eigenvalue weighted by Gasteiger charge is -2.18. The Labute approximate surface area is 107 Å². The lowest BCUT2D eigenvalue weighted by molar-refractivity contribution is 0.518. The van der Waals surface area contributed by atoms with Crippen LogP contribution in [0, 0.1) is 5.82 Å². The Hall–Kier alpha value is -1.20. The molecule has 0 bridgehead atoms. The highest BCUT2D eigenvalue weighted by Gasteiger charge is 2.19. The van der Waals surface area contributed by atoms with Crippen LogP contribution < -0.4 is 5.32 Å². The standard InChI is InChI=1S/C12H11BrFN3/c13-11-10-7-15-4-5-17(10)12(16-11)8-2-1-3-9(14)6-8/h1-3,6,15H,4-5,7H2. The van der Waals surface area contributed by atoms with E-state index >= 15 is 0 Å². The number of rotatable bonds is 1. The molecule has 88 valence electrons. The van der Waals surface area contributed by atoms with Crippen LogP contribution in [0.3, 0.4) is 0 Å². The molecule has 2 aromatic rings. The van der Waals surface area contributed by atoms with Crippen LogP contribution in [-0.4, -0.2) is 16.1 Å². The molecular weight excluding hydrogens is 285 g/mol. The molecule has 2 heterocycles. The third-order valence-corrected chi connectivity index (χ3v) is 3.55. The van der Waals surface area contributed by atoms with Crippen molar-refractivity contribution in [1.82, 2.24) is 14.9 Å². The normalized spacial score (nSPS) is 14.7. The number of hydrogen-bond acceptors (Lipinski definition) is 2. The fraction of sp³-hybridized carbons (Fsp3) is 0.250. The van der Waals surface area contributed by atoms with E-state index in [9.17, 15) is 4.39 Å². The summed E-state index contributed by atoms with van der Waals surface area (Å²) in [6, 6.07) is 6.55. The summed E-state index contributed by atoms with van der Waals surface area (Å²) in [6.45, 7) is 2.57. The molecule has 0 fully saturated rings. The van der Waals surface area contributed by atoms with E-state index in [-0.39, 0.29) is 5.82 Å². The smallest absolute Gasteiger partial charge is 0.141 e. The van der Waals surface area contributed by atoms with Gasteiger partial charge in [0.2, 0.25) is 0 Å². The van der Waals surface area contributed by atoms with Crippen molar-refractivity contribution in [1.29, 1.82) is 0 Å². The summed E-state index contributed by atoms with van der Waals surface area (Å²) < 4.78 is 16.2. The number of benzene rings is 1. The zero-order chi connectivity index (χ0) is 11.8. The second kappa shape index (κ2) is 4.23. The highest BCUT2D eigenvalue weighted by molar-refractivity contribution is 9.10. The molecular formula is C12H11BrFN3.